The van der Waals surface area contributed by atoms with E-state index >= 15 is 0 Å². The van der Waals surface area contributed by atoms with Crippen LogP contribution in [0.2, 0.25) is 0 Å². The zero-order valence-electron chi connectivity index (χ0n) is 6.35. The predicted molar refractivity (Wildman–Crippen MR) is 42.2 cm³/mol. The van der Waals surface area contributed by atoms with Crippen molar-refractivity contribution in [2.45, 2.75) is 19.3 Å². The quantitative estimate of drug-likeness (QED) is 0.435. The fraction of sp³-hybridized carbons (Fsp3) is 0.857. The van der Waals surface area contributed by atoms with Gasteiger partial charge < -0.3 is 10.3 Å². The first kappa shape index (κ1) is 8.63. The lowest BCUT2D eigenvalue weighted by Gasteiger charge is -1.94. The second-order valence-corrected chi connectivity index (χ2v) is 2.04. The minimum Gasteiger partial charge on any atom is -0.320 e. The van der Waals surface area contributed by atoms with Crippen molar-refractivity contribution >= 4 is 6.21 Å². The Morgan fingerprint density at radius 1 is 1.44 bits per heavy atom. The Kier molecular flexibility index (Phi) is 7.32. The van der Waals surface area contributed by atoms with Gasteiger partial charge in [0.1, 0.15) is 0 Å². The van der Waals surface area contributed by atoms with Crippen LogP contribution in [0.5, 0.6) is 0 Å². The van der Waals surface area contributed by atoms with E-state index < -0.39 is 0 Å². The third-order valence-corrected chi connectivity index (χ3v) is 1.19. The molecule has 2 nitrogen and oxygen atoms in total. The summed E-state index contributed by atoms with van der Waals surface area (Å²) >= 11 is 0. The van der Waals surface area contributed by atoms with Crippen molar-refractivity contribution in [3.8, 4) is 0 Å². The van der Waals surface area contributed by atoms with Crippen LogP contribution in [0.25, 0.3) is 0 Å². The molecule has 0 rings (SSSR count). The lowest BCUT2D eigenvalue weighted by Crippen LogP contribution is -2.06. The van der Waals surface area contributed by atoms with Gasteiger partial charge in [0.05, 0.1) is 0 Å². The van der Waals surface area contributed by atoms with Gasteiger partial charge in [0.25, 0.3) is 0 Å². The van der Waals surface area contributed by atoms with Crippen LogP contribution < -0.4 is 5.32 Å². The summed E-state index contributed by atoms with van der Waals surface area (Å²) in [6.07, 6.45) is 5.59. The lowest BCUT2D eigenvalue weighted by molar-refractivity contribution is 0.695. The van der Waals surface area contributed by atoms with Crippen LogP contribution in [-0.2, 0) is 0 Å². The van der Waals surface area contributed by atoms with Crippen LogP contribution in [0.15, 0.2) is 4.99 Å². The van der Waals surface area contributed by atoms with Gasteiger partial charge in [0.15, 0.2) is 0 Å². The summed E-state index contributed by atoms with van der Waals surface area (Å²) in [7, 11) is 3.80. The fourth-order valence-corrected chi connectivity index (χ4v) is 0.667. The molecule has 0 aromatic heterocycles. The fourth-order valence-electron chi connectivity index (χ4n) is 0.667. The summed E-state index contributed by atoms with van der Waals surface area (Å²) in [6, 6.07) is 0. The predicted octanol–water partition coefficient (Wildman–Crippen LogP) is 1.08. The summed E-state index contributed by atoms with van der Waals surface area (Å²) in [5.41, 5.74) is 0. The van der Waals surface area contributed by atoms with E-state index in [1.54, 1.807) is 0 Å². The average Bonchev–Trinajstić information content (AvgIpc) is 1.89. The molecule has 0 radical (unpaired) electrons. The molecule has 0 aromatic rings. The highest BCUT2D eigenvalue weighted by Gasteiger charge is 1.81. The van der Waals surface area contributed by atoms with E-state index in [1.165, 1.54) is 12.8 Å². The lowest BCUT2D eigenvalue weighted by atomic mass is 10.2. The van der Waals surface area contributed by atoms with E-state index in [-0.39, 0.29) is 0 Å². The third kappa shape index (κ3) is 7.63. The van der Waals surface area contributed by atoms with Gasteiger partial charge >= 0.3 is 0 Å². The number of aliphatic imine (C=N–C) groups is 1. The first-order chi connectivity index (χ1) is 4.41. The second kappa shape index (κ2) is 7.63. The molecule has 9 heavy (non-hydrogen) atoms. The van der Waals surface area contributed by atoms with Gasteiger partial charge in [-0.3, -0.25) is 0 Å². The largest absolute Gasteiger partial charge is 0.320 e. The summed E-state index contributed by atoms with van der Waals surface area (Å²) in [5, 5.41) is 3.10. The normalized spacial score (nSPS) is 10.9. The Labute approximate surface area is 57.4 Å². The maximum absolute atomic E-state index is 3.89. The molecule has 54 valence electrons. The van der Waals surface area contributed by atoms with E-state index in [4.69, 9.17) is 0 Å². The number of unbranched alkanes of at least 4 members (excludes halogenated alkanes) is 2. The van der Waals surface area contributed by atoms with E-state index in [2.05, 4.69) is 10.3 Å². The van der Waals surface area contributed by atoms with E-state index in [0.29, 0.717) is 0 Å². The Bertz CT molecular complexity index is 69.3. The minimum absolute atomic E-state index is 1.12. The standard InChI is InChI=1S/C7H16N2/c1-8-6-4-3-5-7-9-2/h6,9H,3-5,7H2,1-2H3. The Morgan fingerprint density at radius 2 is 2.22 bits per heavy atom. The van der Waals surface area contributed by atoms with Gasteiger partial charge in [-0.05, 0) is 39.1 Å². The van der Waals surface area contributed by atoms with Crippen molar-refractivity contribution in [1.29, 1.82) is 0 Å². The van der Waals surface area contributed by atoms with Crippen molar-refractivity contribution in [2.24, 2.45) is 4.99 Å². The van der Waals surface area contributed by atoms with E-state index in [9.17, 15) is 0 Å². The van der Waals surface area contributed by atoms with Gasteiger partial charge in [-0.1, -0.05) is 0 Å². The molecule has 0 aliphatic rings. The van der Waals surface area contributed by atoms with Gasteiger partial charge in [0, 0.05) is 7.05 Å². The van der Waals surface area contributed by atoms with Crippen molar-refractivity contribution in [3.63, 3.8) is 0 Å². The van der Waals surface area contributed by atoms with Crippen LogP contribution in [-0.4, -0.2) is 26.9 Å². The summed E-state index contributed by atoms with van der Waals surface area (Å²) < 4.78 is 0. The molecule has 2 heteroatoms. The molecule has 0 amide bonds. The monoisotopic (exact) mass is 128 g/mol. The number of nitrogens with zero attached hydrogens (tertiary/aromatic N) is 1. The Morgan fingerprint density at radius 3 is 2.78 bits per heavy atom. The molecule has 0 aromatic carbocycles. The number of hydrogen-bond acceptors (Lipinski definition) is 2. The Balaban J connectivity index is 2.75. The van der Waals surface area contributed by atoms with Gasteiger partial charge in [-0.25, -0.2) is 0 Å². The van der Waals surface area contributed by atoms with E-state index in [1.807, 2.05) is 20.3 Å². The van der Waals surface area contributed by atoms with Crippen molar-refractivity contribution < 1.29 is 0 Å². The topological polar surface area (TPSA) is 24.4 Å². The Hall–Kier alpha value is -0.370. The molecule has 0 aliphatic carbocycles. The zero-order valence-corrected chi connectivity index (χ0v) is 6.35. The molecule has 0 saturated carbocycles. The van der Waals surface area contributed by atoms with Crippen molar-refractivity contribution in [3.05, 3.63) is 0 Å². The highest BCUT2D eigenvalue weighted by atomic mass is 14.8. The first-order valence-corrected chi connectivity index (χ1v) is 3.47. The average molecular weight is 128 g/mol. The van der Waals surface area contributed by atoms with Crippen molar-refractivity contribution in [2.75, 3.05) is 20.6 Å². The molecule has 0 heterocycles. The molecular formula is C7H16N2. The van der Waals surface area contributed by atoms with Gasteiger partial charge in [-0.15, -0.1) is 0 Å². The molecular weight excluding hydrogens is 112 g/mol. The van der Waals surface area contributed by atoms with Crippen LogP contribution in [0.3, 0.4) is 0 Å². The van der Waals surface area contributed by atoms with Gasteiger partial charge in [-0.2, -0.15) is 0 Å². The molecule has 0 atom stereocenters. The molecule has 1 N–H and O–H groups in total. The molecule has 0 unspecified atom stereocenters. The number of hydrogen-bond donors (Lipinski definition) is 1. The first-order valence-electron chi connectivity index (χ1n) is 3.47. The molecule has 0 fully saturated rings. The van der Waals surface area contributed by atoms with E-state index in [0.717, 1.165) is 13.0 Å². The third-order valence-electron chi connectivity index (χ3n) is 1.19. The molecule has 0 saturated heterocycles. The zero-order chi connectivity index (χ0) is 6.95. The SMILES string of the molecule is CN=CCCCCNC. The summed E-state index contributed by atoms with van der Waals surface area (Å²) in [6.45, 7) is 1.12. The van der Waals surface area contributed by atoms with Crippen molar-refractivity contribution in [1.82, 2.24) is 5.32 Å². The molecule has 0 aliphatic heterocycles. The van der Waals surface area contributed by atoms with Gasteiger partial charge in [0.2, 0.25) is 0 Å². The second-order valence-electron chi connectivity index (χ2n) is 2.04. The molecule has 0 bridgehead atoms. The number of nitrogens with one attached hydrogen (secondary N) is 1. The van der Waals surface area contributed by atoms with Crippen LogP contribution in [0, 0.1) is 0 Å². The van der Waals surface area contributed by atoms with Crippen LogP contribution in [0.1, 0.15) is 19.3 Å². The minimum atomic E-state index is 1.12. The highest BCUT2D eigenvalue weighted by Crippen LogP contribution is 1.89. The molecule has 0 spiro atoms. The maximum atomic E-state index is 3.89. The maximum Gasteiger partial charge on any atom is 0.0273 e. The highest BCUT2D eigenvalue weighted by molar-refractivity contribution is 5.56. The summed E-state index contributed by atoms with van der Waals surface area (Å²) in [5.74, 6) is 0. The summed E-state index contributed by atoms with van der Waals surface area (Å²) in [4.78, 5) is 3.89. The van der Waals surface area contributed by atoms with Crippen LogP contribution in [0.4, 0.5) is 0 Å². The smallest absolute Gasteiger partial charge is 0.0273 e. The van der Waals surface area contributed by atoms with Crippen LogP contribution >= 0.6 is 0 Å². The number of rotatable bonds is 5.